The molecule has 2 N–H and O–H groups in total. The second-order valence-corrected chi connectivity index (χ2v) is 4.98. The van der Waals surface area contributed by atoms with Crippen LogP contribution in [0.15, 0.2) is 30.3 Å². The van der Waals surface area contributed by atoms with Crippen LogP contribution >= 0.6 is 0 Å². The molecule has 0 aliphatic carbocycles. The Bertz CT molecular complexity index is 339. The fourth-order valence-corrected chi connectivity index (χ4v) is 2.47. The fraction of sp³-hybridized carbons (Fsp3) is 0.600. The highest BCUT2D eigenvalue weighted by Crippen LogP contribution is 2.09. The van der Waals surface area contributed by atoms with E-state index in [9.17, 15) is 0 Å². The van der Waals surface area contributed by atoms with Gasteiger partial charge in [-0.2, -0.15) is 0 Å². The minimum absolute atomic E-state index is 0.206. The Hall–Kier alpha value is -1.10. The van der Waals surface area contributed by atoms with Gasteiger partial charge in [-0.15, -0.1) is 0 Å². The number of hydrogen-bond acceptors (Lipinski definition) is 4. The van der Waals surface area contributed by atoms with Crippen LogP contribution < -0.4 is 10.1 Å². The molecule has 0 aromatic heterocycles. The van der Waals surface area contributed by atoms with Crippen molar-refractivity contribution < 1.29 is 9.84 Å². The normalized spacial score (nSPS) is 18.9. The zero-order chi connectivity index (χ0) is 13.3. The summed E-state index contributed by atoms with van der Waals surface area (Å²) in [5.74, 6) is 0.908. The minimum Gasteiger partial charge on any atom is -0.492 e. The van der Waals surface area contributed by atoms with Crippen molar-refractivity contribution in [3.8, 4) is 5.75 Å². The number of para-hydroxylation sites is 1. The molecule has 0 radical (unpaired) electrons. The third kappa shape index (κ3) is 5.19. The van der Waals surface area contributed by atoms with Gasteiger partial charge in [0.1, 0.15) is 12.4 Å². The molecule has 0 amide bonds. The third-order valence-electron chi connectivity index (χ3n) is 3.48. The maximum Gasteiger partial charge on any atom is 0.119 e. The van der Waals surface area contributed by atoms with Crippen molar-refractivity contribution in [2.75, 3.05) is 39.4 Å². The first kappa shape index (κ1) is 14.3. The number of benzene rings is 1. The highest BCUT2D eigenvalue weighted by atomic mass is 16.5. The molecule has 1 aliphatic rings. The van der Waals surface area contributed by atoms with Gasteiger partial charge < -0.3 is 15.2 Å². The van der Waals surface area contributed by atoms with Gasteiger partial charge in [-0.3, -0.25) is 4.90 Å². The van der Waals surface area contributed by atoms with E-state index in [1.54, 1.807) is 0 Å². The summed E-state index contributed by atoms with van der Waals surface area (Å²) in [6.07, 6.45) is 2.50. The summed E-state index contributed by atoms with van der Waals surface area (Å²) < 4.78 is 5.70. The zero-order valence-corrected chi connectivity index (χ0v) is 11.4. The summed E-state index contributed by atoms with van der Waals surface area (Å²) >= 11 is 0. The van der Waals surface area contributed by atoms with Crippen LogP contribution in [0.25, 0.3) is 0 Å². The number of rotatable bonds is 8. The van der Waals surface area contributed by atoms with Crippen molar-refractivity contribution in [2.24, 2.45) is 0 Å². The van der Waals surface area contributed by atoms with Gasteiger partial charge in [0.05, 0.1) is 6.61 Å². The van der Waals surface area contributed by atoms with Gasteiger partial charge in [-0.25, -0.2) is 0 Å². The van der Waals surface area contributed by atoms with E-state index in [2.05, 4.69) is 10.2 Å². The van der Waals surface area contributed by atoms with E-state index in [-0.39, 0.29) is 6.61 Å². The average molecular weight is 264 g/mol. The number of ether oxygens (including phenoxy) is 1. The Morgan fingerprint density at radius 3 is 2.79 bits per heavy atom. The van der Waals surface area contributed by atoms with Crippen LogP contribution in [0.4, 0.5) is 0 Å². The topological polar surface area (TPSA) is 44.7 Å². The van der Waals surface area contributed by atoms with Crippen LogP contribution in [0, 0.1) is 0 Å². The molecular formula is C15H24N2O2. The molecule has 1 unspecified atom stereocenters. The first-order valence-electron chi connectivity index (χ1n) is 7.13. The number of hydrogen-bond donors (Lipinski definition) is 2. The Morgan fingerprint density at radius 1 is 1.26 bits per heavy atom. The first-order chi connectivity index (χ1) is 9.38. The molecular weight excluding hydrogens is 240 g/mol. The highest BCUT2D eigenvalue weighted by Gasteiger charge is 2.17. The number of aliphatic hydroxyl groups excluding tert-OH is 1. The smallest absolute Gasteiger partial charge is 0.119 e. The molecule has 0 bridgehead atoms. The van der Waals surface area contributed by atoms with E-state index in [0.717, 1.165) is 31.9 Å². The largest absolute Gasteiger partial charge is 0.492 e. The van der Waals surface area contributed by atoms with Gasteiger partial charge in [-0.1, -0.05) is 18.2 Å². The van der Waals surface area contributed by atoms with Gasteiger partial charge in [-0.05, 0) is 31.5 Å². The summed E-state index contributed by atoms with van der Waals surface area (Å²) in [7, 11) is 0. The minimum atomic E-state index is 0.206. The molecule has 1 fully saturated rings. The quantitative estimate of drug-likeness (QED) is 0.738. The van der Waals surface area contributed by atoms with Crippen LogP contribution in [-0.2, 0) is 0 Å². The molecule has 2 rings (SSSR count). The van der Waals surface area contributed by atoms with Crippen molar-refractivity contribution >= 4 is 0 Å². The van der Waals surface area contributed by atoms with Crippen molar-refractivity contribution in [1.82, 2.24) is 10.2 Å². The fourth-order valence-electron chi connectivity index (χ4n) is 2.47. The van der Waals surface area contributed by atoms with Gasteiger partial charge in [0.15, 0.2) is 0 Å². The number of nitrogens with one attached hydrogen (secondary N) is 1. The summed E-state index contributed by atoms with van der Waals surface area (Å²) in [5, 5.41) is 12.6. The van der Waals surface area contributed by atoms with E-state index >= 15 is 0 Å². The van der Waals surface area contributed by atoms with Gasteiger partial charge in [0, 0.05) is 25.7 Å². The Morgan fingerprint density at radius 2 is 2.11 bits per heavy atom. The molecule has 1 atom stereocenters. The third-order valence-corrected chi connectivity index (χ3v) is 3.48. The lowest BCUT2D eigenvalue weighted by atomic mass is 10.2. The lowest BCUT2D eigenvalue weighted by Gasteiger charge is -2.24. The Balaban J connectivity index is 1.70. The summed E-state index contributed by atoms with van der Waals surface area (Å²) in [6.45, 7) is 4.57. The van der Waals surface area contributed by atoms with Crippen molar-refractivity contribution in [3.63, 3.8) is 0 Å². The molecule has 19 heavy (non-hydrogen) atoms. The van der Waals surface area contributed by atoms with Gasteiger partial charge >= 0.3 is 0 Å². The maximum atomic E-state index is 9.12. The van der Waals surface area contributed by atoms with E-state index in [1.165, 1.54) is 12.8 Å². The first-order valence-corrected chi connectivity index (χ1v) is 7.13. The summed E-state index contributed by atoms with van der Waals surface area (Å²) in [5.41, 5.74) is 0. The molecule has 1 aromatic rings. The molecule has 1 aliphatic heterocycles. The van der Waals surface area contributed by atoms with Crippen LogP contribution in [0.2, 0.25) is 0 Å². The molecule has 1 heterocycles. The van der Waals surface area contributed by atoms with Gasteiger partial charge in [0.25, 0.3) is 0 Å². The van der Waals surface area contributed by atoms with E-state index in [0.29, 0.717) is 12.6 Å². The molecule has 1 aromatic carbocycles. The Labute approximate surface area is 115 Å². The molecule has 0 saturated carbocycles. The van der Waals surface area contributed by atoms with E-state index in [1.807, 2.05) is 30.3 Å². The molecule has 4 heteroatoms. The van der Waals surface area contributed by atoms with Crippen LogP contribution in [-0.4, -0.2) is 55.4 Å². The van der Waals surface area contributed by atoms with Crippen molar-refractivity contribution in [3.05, 3.63) is 30.3 Å². The maximum absolute atomic E-state index is 9.12. The molecule has 1 saturated heterocycles. The van der Waals surface area contributed by atoms with Gasteiger partial charge in [0.2, 0.25) is 0 Å². The van der Waals surface area contributed by atoms with Crippen molar-refractivity contribution in [2.45, 2.75) is 18.9 Å². The molecule has 106 valence electrons. The molecule has 4 nitrogen and oxygen atoms in total. The predicted molar refractivity (Wildman–Crippen MR) is 76.5 cm³/mol. The number of nitrogens with zero attached hydrogens (tertiary/aromatic N) is 1. The lowest BCUT2D eigenvalue weighted by Crippen LogP contribution is -2.40. The van der Waals surface area contributed by atoms with Crippen LogP contribution in [0.1, 0.15) is 12.8 Å². The zero-order valence-electron chi connectivity index (χ0n) is 11.4. The second-order valence-electron chi connectivity index (χ2n) is 4.98. The highest BCUT2D eigenvalue weighted by molar-refractivity contribution is 5.20. The summed E-state index contributed by atoms with van der Waals surface area (Å²) in [4.78, 5) is 2.27. The lowest BCUT2D eigenvalue weighted by molar-refractivity contribution is 0.159. The monoisotopic (exact) mass is 264 g/mol. The predicted octanol–water partition coefficient (Wildman–Crippen LogP) is 1.11. The van der Waals surface area contributed by atoms with E-state index in [4.69, 9.17) is 9.84 Å². The standard InChI is InChI=1S/C15H24N2O2/c18-11-9-17(13-14-5-4-8-16-14)10-12-19-15-6-2-1-3-7-15/h1-3,6-7,14,16,18H,4-5,8-13H2. The summed E-state index contributed by atoms with van der Waals surface area (Å²) in [6, 6.07) is 10.4. The number of aliphatic hydroxyl groups is 1. The molecule has 0 spiro atoms. The van der Waals surface area contributed by atoms with Crippen LogP contribution in [0.5, 0.6) is 5.75 Å². The van der Waals surface area contributed by atoms with E-state index < -0.39 is 0 Å². The van der Waals surface area contributed by atoms with Crippen LogP contribution in [0.3, 0.4) is 0 Å². The SMILES string of the molecule is OCCN(CCOc1ccccc1)CC1CCCN1. The second kappa shape index (κ2) is 8.15. The average Bonchev–Trinajstić information content (AvgIpc) is 2.93. The van der Waals surface area contributed by atoms with Crippen molar-refractivity contribution in [1.29, 1.82) is 0 Å². The Kier molecular flexibility index (Phi) is 6.14.